The van der Waals surface area contributed by atoms with E-state index in [9.17, 15) is 49.5 Å². The highest BCUT2D eigenvalue weighted by Crippen LogP contribution is 2.56. The van der Waals surface area contributed by atoms with Crippen molar-refractivity contribution in [1.82, 2.24) is 10.2 Å². The number of nitrogens with zero attached hydrogens (tertiary/aromatic N) is 1. The van der Waals surface area contributed by atoms with Crippen LogP contribution in [0.5, 0.6) is 5.75 Å². The number of amides is 4. The van der Waals surface area contributed by atoms with Gasteiger partial charge in [-0.25, -0.2) is 4.79 Å². The van der Waals surface area contributed by atoms with Crippen molar-refractivity contribution in [2.75, 3.05) is 25.3 Å². The van der Waals surface area contributed by atoms with E-state index in [-0.39, 0.29) is 16.8 Å². The minimum atomic E-state index is -3.04. The van der Waals surface area contributed by atoms with E-state index in [1.54, 1.807) is 6.92 Å². The van der Waals surface area contributed by atoms with Crippen LogP contribution in [0.2, 0.25) is 0 Å². The largest absolute Gasteiger partial charge is 0.508 e. The lowest BCUT2D eigenvalue weighted by Gasteiger charge is -2.53. The van der Waals surface area contributed by atoms with Crippen molar-refractivity contribution in [3.8, 4) is 5.75 Å². The first-order chi connectivity index (χ1) is 18.6. The van der Waals surface area contributed by atoms with Crippen molar-refractivity contribution in [1.29, 1.82) is 0 Å². The van der Waals surface area contributed by atoms with Gasteiger partial charge in [-0.1, -0.05) is 13.0 Å². The van der Waals surface area contributed by atoms with Crippen LogP contribution in [0.4, 0.5) is 10.5 Å². The number of hydrogen-bond acceptors (Lipinski definition) is 11. The predicted octanol–water partition coefficient (Wildman–Crippen LogP) is -0.617. The molecule has 1 aromatic rings. The maximum atomic E-state index is 13.9. The summed E-state index contributed by atoms with van der Waals surface area (Å²) in [4.78, 5) is 64.0. The Morgan fingerprint density at radius 1 is 1.15 bits per heavy atom. The molecule has 0 heterocycles. The number of carbonyl (C=O) groups excluding carboxylic acids is 5. The van der Waals surface area contributed by atoms with E-state index < -0.39 is 99.2 Å². The van der Waals surface area contributed by atoms with Crippen molar-refractivity contribution >= 4 is 52.5 Å². The summed E-state index contributed by atoms with van der Waals surface area (Å²) in [5.74, 6) is -11.7. The van der Waals surface area contributed by atoms with E-state index in [2.05, 4.69) is 5.32 Å². The summed E-state index contributed by atoms with van der Waals surface area (Å²) < 4.78 is 0. The summed E-state index contributed by atoms with van der Waals surface area (Å²) >= 11 is 5.36. The first-order valence-electron chi connectivity index (χ1n) is 12.0. The third-order valence-electron chi connectivity index (χ3n) is 7.75. The zero-order chi connectivity index (χ0) is 30.0. The standard InChI is InChI=1S/C25H27ClN4O10/c1-7-8-4-5-9(28-24(39)29-10(31)6-26)17(32)12(8)18(33)13-11(7)19(34)15-16(30(2)3)20(35)14(23(27)38)22(37)25(15,40)21(13)36/h4-5,7,11,15-16,19,32-34,37,40H,6H2,1-3H3,(H2,27,38)(H2,28,29,31,39)/t7-,11+,15+,16-,19-,25-/m1/s1. The topological polar surface area (TPSA) is 240 Å². The second kappa shape index (κ2) is 9.89. The number of alkyl halides is 1. The smallest absolute Gasteiger partial charge is 0.326 e. The predicted molar refractivity (Wildman–Crippen MR) is 138 cm³/mol. The highest BCUT2D eigenvalue weighted by atomic mass is 35.5. The van der Waals surface area contributed by atoms with Gasteiger partial charge in [0.15, 0.2) is 11.4 Å². The van der Waals surface area contributed by atoms with Crippen LogP contribution in [0.15, 0.2) is 29.0 Å². The molecule has 0 unspecified atom stereocenters. The summed E-state index contributed by atoms with van der Waals surface area (Å²) in [6, 6.07) is 0.157. The lowest BCUT2D eigenvalue weighted by Crippen LogP contribution is -2.70. The molecular weight excluding hydrogens is 552 g/mol. The van der Waals surface area contributed by atoms with Crippen molar-refractivity contribution in [2.45, 2.75) is 30.6 Å². The zero-order valence-corrected chi connectivity index (χ0v) is 22.2. The normalized spacial score (nSPS) is 29.5. The Bertz CT molecular complexity index is 1440. The van der Waals surface area contributed by atoms with Crippen molar-refractivity contribution in [3.05, 3.63) is 40.2 Å². The van der Waals surface area contributed by atoms with E-state index in [1.807, 2.05) is 5.32 Å². The van der Waals surface area contributed by atoms with Crippen LogP contribution in [-0.2, 0) is 19.2 Å². The Morgan fingerprint density at radius 3 is 2.33 bits per heavy atom. The number of Topliss-reactive ketones (excluding diaryl/α,β-unsaturated/α-hetero) is 2. The molecule has 0 radical (unpaired) electrons. The van der Waals surface area contributed by atoms with Gasteiger partial charge < -0.3 is 36.6 Å². The summed E-state index contributed by atoms with van der Waals surface area (Å²) in [6.45, 7) is 1.56. The van der Waals surface area contributed by atoms with E-state index in [0.717, 1.165) is 0 Å². The fraction of sp³-hybridized carbons (Fsp3) is 0.400. The quantitative estimate of drug-likeness (QED) is 0.127. The number of phenolic OH excluding ortho intramolecular Hbond substituents is 1. The monoisotopic (exact) mass is 578 g/mol. The first kappa shape index (κ1) is 29.0. The van der Waals surface area contributed by atoms with Gasteiger partial charge in [0.25, 0.3) is 5.91 Å². The summed E-state index contributed by atoms with van der Waals surface area (Å²) in [6.07, 6.45) is -1.73. The molecule has 9 N–H and O–H groups in total. The number of rotatable bonds is 4. The molecule has 3 aliphatic rings. The second-order valence-electron chi connectivity index (χ2n) is 10.1. The Labute approximate surface area is 231 Å². The molecule has 0 aliphatic heterocycles. The van der Waals surface area contributed by atoms with Gasteiger partial charge in [-0.15, -0.1) is 11.6 Å². The lowest BCUT2D eigenvalue weighted by atomic mass is 9.54. The number of fused-ring (bicyclic) bond motifs is 3. The molecule has 0 spiro atoms. The highest BCUT2D eigenvalue weighted by Gasteiger charge is 2.68. The number of urea groups is 1. The average molecular weight is 579 g/mol. The van der Waals surface area contributed by atoms with Gasteiger partial charge in [-0.3, -0.25) is 29.4 Å². The summed E-state index contributed by atoms with van der Waals surface area (Å²) in [7, 11) is 2.82. The van der Waals surface area contributed by atoms with E-state index in [0.29, 0.717) is 0 Å². The van der Waals surface area contributed by atoms with Crippen LogP contribution in [0, 0.1) is 11.8 Å². The van der Waals surface area contributed by atoms with Crippen molar-refractivity contribution in [2.24, 2.45) is 17.6 Å². The molecule has 15 heteroatoms. The molecule has 6 atom stereocenters. The SMILES string of the molecule is C[C@@H]1c2ccc(NC(=O)NC(=O)CCl)c(O)c2C(O)=C2C(=O)[C@@]3(O)C(O)=C(C(N)=O)C(=O)[C@H](N(C)C)[C@H]3[C@H](O)[C@H]21. The minimum Gasteiger partial charge on any atom is -0.508 e. The number of phenols is 1. The van der Waals surface area contributed by atoms with Gasteiger partial charge >= 0.3 is 6.03 Å². The van der Waals surface area contributed by atoms with Crippen LogP contribution in [-0.4, -0.2) is 97.6 Å². The molecule has 4 amide bonds. The molecule has 3 aliphatic carbocycles. The van der Waals surface area contributed by atoms with Gasteiger partial charge in [-0.05, 0) is 31.6 Å². The third-order valence-corrected chi connectivity index (χ3v) is 7.99. The number of imide groups is 1. The molecule has 4 rings (SSSR count). The Hall–Kier alpha value is -3.98. The number of nitrogens with one attached hydrogen (secondary N) is 2. The van der Waals surface area contributed by atoms with Crippen LogP contribution >= 0.6 is 11.6 Å². The van der Waals surface area contributed by atoms with Gasteiger partial charge in [0.05, 0.1) is 29.3 Å². The van der Waals surface area contributed by atoms with E-state index in [1.165, 1.54) is 31.1 Å². The molecule has 0 bridgehead atoms. The van der Waals surface area contributed by atoms with E-state index >= 15 is 0 Å². The lowest BCUT2D eigenvalue weighted by molar-refractivity contribution is -0.169. The Morgan fingerprint density at radius 2 is 1.77 bits per heavy atom. The van der Waals surface area contributed by atoms with Crippen LogP contribution < -0.4 is 16.4 Å². The van der Waals surface area contributed by atoms with Crippen LogP contribution in [0.25, 0.3) is 5.76 Å². The molecule has 14 nitrogen and oxygen atoms in total. The van der Waals surface area contributed by atoms with Gasteiger partial charge in [-0.2, -0.15) is 0 Å². The van der Waals surface area contributed by atoms with Gasteiger partial charge in [0.2, 0.25) is 11.7 Å². The van der Waals surface area contributed by atoms with Crippen molar-refractivity contribution < 1.29 is 49.5 Å². The number of carbonyl (C=O) groups is 5. The number of likely N-dealkylation sites (N-methyl/N-ethyl adjacent to an activating group) is 1. The minimum absolute atomic E-state index is 0.241. The molecule has 1 saturated carbocycles. The fourth-order valence-corrected chi connectivity index (χ4v) is 6.10. The molecule has 0 aromatic heterocycles. The number of primary amides is 1. The number of hydrogen-bond donors (Lipinski definition) is 8. The number of aliphatic hydroxyl groups excluding tert-OH is 3. The zero-order valence-electron chi connectivity index (χ0n) is 21.4. The summed E-state index contributed by atoms with van der Waals surface area (Å²) in [5.41, 5.74) is 0.288. The Kier molecular flexibility index (Phi) is 7.17. The maximum Gasteiger partial charge on any atom is 0.326 e. The highest BCUT2D eigenvalue weighted by molar-refractivity contribution is 6.28. The number of nitrogens with two attached hydrogens (primary N) is 1. The number of ketones is 2. The molecular formula is C25H27ClN4O10. The van der Waals surface area contributed by atoms with Crippen LogP contribution in [0.1, 0.15) is 24.0 Å². The number of anilines is 1. The maximum absolute atomic E-state index is 13.9. The number of benzene rings is 1. The average Bonchev–Trinajstić information content (AvgIpc) is 2.87. The first-order valence-corrected chi connectivity index (χ1v) is 12.5. The molecule has 214 valence electrons. The second-order valence-corrected chi connectivity index (χ2v) is 10.4. The Balaban J connectivity index is 1.93. The van der Waals surface area contributed by atoms with Gasteiger partial charge in [0.1, 0.15) is 28.7 Å². The number of halogens is 1. The van der Waals surface area contributed by atoms with E-state index in [4.69, 9.17) is 17.3 Å². The number of aliphatic hydroxyl groups is 4. The molecule has 1 fully saturated rings. The number of aromatic hydroxyl groups is 1. The molecule has 40 heavy (non-hydrogen) atoms. The molecule has 1 aromatic carbocycles. The van der Waals surface area contributed by atoms with Crippen molar-refractivity contribution in [3.63, 3.8) is 0 Å². The van der Waals surface area contributed by atoms with Crippen LogP contribution in [0.3, 0.4) is 0 Å². The molecule has 0 saturated heterocycles. The third kappa shape index (κ3) is 3.94. The van der Waals surface area contributed by atoms with Gasteiger partial charge in [0, 0.05) is 11.5 Å². The fourth-order valence-electron chi connectivity index (χ4n) is 6.03. The summed E-state index contributed by atoms with van der Waals surface area (Å²) in [5, 5.41) is 60.5.